The van der Waals surface area contributed by atoms with E-state index >= 15 is 0 Å². The molecule has 1 heterocycles. The maximum atomic E-state index is 12.8. The van der Waals surface area contributed by atoms with Gasteiger partial charge in [-0.2, -0.15) is 0 Å². The molecule has 1 N–H and O–H groups in total. The standard InChI is InChI=1S/C20H22N2O4S/c1-13-10-15-11-18(8-9-19(15)22(13)20(23)14-6-7-14)27(24,25)21-16-4-3-5-17(12-16)26-2/h3-5,8-9,11-14,21H,6-7,10H2,1-2H3/t13-/m1/s1. The van der Waals surface area contributed by atoms with Gasteiger partial charge in [-0.15, -0.1) is 0 Å². The molecule has 1 aliphatic heterocycles. The summed E-state index contributed by atoms with van der Waals surface area (Å²) >= 11 is 0. The summed E-state index contributed by atoms with van der Waals surface area (Å²) in [5.41, 5.74) is 2.17. The number of hydrogen-bond acceptors (Lipinski definition) is 4. The zero-order valence-corrected chi connectivity index (χ0v) is 16.1. The van der Waals surface area contributed by atoms with Crippen LogP contribution >= 0.6 is 0 Å². The Morgan fingerprint density at radius 1 is 1.19 bits per heavy atom. The average molecular weight is 386 g/mol. The first-order valence-electron chi connectivity index (χ1n) is 9.02. The van der Waals surface area contributed by atoms with Crippen LogP contribution in [0, 0.1) is 5.92 Å². The van der Waals surface area contributed by atoms with Crippen LogP contribution in [0.5, 0.6) is 5.75 Å². The first-order valence-corrected chi connectivity index (χ1v) is 10.5. The van der Waals surface area contributed by atoms with Crippen molar-refractivity contribution in [3.8, 4) is 5.75 Å². The van der Waals surface area contributed by atoms with Crippen LogP contribution in [0.25, 0.3) is 0 Å². The van der Waals surface area contributed by atoms with Crippen LogP contribution in [0.3, 0.4) is 0 Å². The van der Waals surface area contributed by atoms with Crippen molar-refractivity contribution in [1.82, 2.24) is 0 Å². The van der Waals surface area contributed by atoms with E-state index in [0.717, 1.165) is 24.1 Å². The smallest absolute Gasteiger partial charge is 0.261 e. The van der Waals surface area contributed by atoms with Gasteiger partial charge in [0, 0.05) is 23.7 Å². The van der Waals surface area contributed by atoms with E-state index in [-0.39, 0.29) is 22.8 Å². The minimum Gasteiger partial charge on any atom is -0.497 e. The van der Waals surface area contributed by atoms with Crippen molar-refractivity contribution in [2.45, 2.75) is 37.1 Å². The van der Waals surface area contributed by atoms with Gasteiger partial charge in [0.15, 0.2) is 0 Å². The zero-order chi connectivity index (χ0) is 19.2. The molecule has 1 amide bonds. The fraction of sp³-hybridized carbons (Fsp3) is 0.350. The van der Waals surface area contributed by atoms with Gasteiger partial charge in [0.1, 0.15) is 5.75 Å². The molecule has 0 spiro atoms. The molecule has 0 radical (unpaired) electrons. The molecule has 142 valence electrons. The lowest BCUT2D eigenvalue weighted by Crippen LogP contribution is -2.36. The first kappa shape index (κ1) is 17.9. The molecule has 4 rings (SSSR count). The lowest BCUT2D eigenvalue weighted by Gasteiger charge is -2.22. The molecule has 1 fully saturated rings. The number of carbonyl (C=O) groups is 1. The van der Waals surface area contributed by atoms with Crippen molar-refractivity contribution in [1.29, 1.82) is 0 Å². The Kier molecular flexibility index (Phi) is 4.34. The fourth-order valence-corrected chi connectivity index (χ4v) is 4.64. The van der Waals surface area contributed by atoms with Gasteiger partial charge in [0.2, 0.25) is 5.91 Å². The van der Waals surface area contributed by atoms with Gasteiger partial charge in [-0.25, -0.2) is 8.42 Å². The Morgan fingerprint density at radius 2 is 1.96 bits per heavy atom. The predicted molar refractivity (Wildman–Crippen MR) is 104 cm³/mol. The normalized spacial score (nSPS) is 18.9. The average Bonchev–Trinajstić information content (AvgIpc) is 3.43. The van der Waals surface area contributed by atoms with Crippen molar-refractivity contribution in [2.24, 2.45) is 5.92 Å². The number of amides is 1. The number of benzene rings is 2. The molecule has 1 saturated carbocycles. The summed E-state index contributed by atoms with van der Waals surface area (Å²) in [7, 11) is -2.20. The third-order valence-electron chi connectivity index (χ3n) is 5.06. The van der Waals surface area contributed by atoms with Crippen molar-refractivity contribution in [2.75, 3.05) is 16.7 Å². The molecule has 2 aromatic carbocycles. The second-order valence-electron chi connectivity index (χ2n) is 7.16. The zero-order valence-electron chi connectivity index (χ0n) is 15.3. The first-order chi connectivity index (χ1) is 12.9. The van der Waals surface area contributed by atoms with E-state index in [1.807, 2.05) is 11.8 Å². The highest BCUT2D eigenvalue weighted by atomic mass is 32.2. The summed E-state index contributed by atoms with van der Waals surface area (Å²) in [5, 5.41) is 0. The van der Waals surface area contributed by atoms with Crippen LogP contribution in [-0.2, 0) is 21.2 Å². The highest BCUT2D eigenvalue weighted by Crippen LogP contribution is 2.39. The van der Waals surface area contributed by atoms with Crippen LogP contribution < -0.4 is 14.4 Å². The molecule has 6 nitrogen and oxygen atoms in total. The van der Waals surface area contributed by atoms with Crippen molar-refractivity contribution < 1.29 is 17.9 Å². The topological polar surface area (TPSA) is 75.7 Å². The van der Waals surface area contributed by atoms with E-state index in [1.165, 1.54) is 7.11 Å². The highest BCUT2D eigenvalue weighted by molar-refractivity contribution is 7.92. The van der Waals surface area contributed by atoms with Gasteiger partial charge in [0.25, 0.3) is 10.0 Å². The monoisotopic (exact) mass is 386 g/mol. The molecule has 0 unspecified atom stereocenters. The summed E-state index contributed by atoms with van der Waals surface area (Å²) in [5.74, 6) is 0.870. The Bertz CT molecular complexity index is 999. The summed E-state index contributed by atoms with van der Waals surface area (Å²) in [6, 6.07) is 11.8. The number of nitrogens with zero attached hydrogens (tertiary/aromatic N) is 1. The molecule has 0 aromatic heterocycles. The Balaban J connectivity index is 1.61. The van der Waals surface area contributed by atoms with Crippen molar-refractivity contribution in [3.05, 3.63) is 48.0 Å². The summed E-state index contributed by atoms with van der Waals surface area (Å²) in [4.78, 5) is 14.6. The Labute approximate surface area is 159 Å². The number of sulfonamides is 1. The number of fused-ring (bicyclic) bond motifs is 1. The number of rotatable bonds is 5. The lowest BCUT2D eigenvalue weighted by molar-refractivity contribution is -0.120. The molecular formula is C20H22N2O4S. The molecule has 2 aliphatic rings. The third kappa shape index (κ3) is 3.39. The maximum Gasteiger partial charge on any atom is 0.261 e. The molecule has 1 aliphatic carbocycles. The highest BCUT2D eigenvalue weighted by Gasteiger charge is 2.39. The second kappa shape index (κ2) is 6.56. The van der Waals surface area contributed by atoms with Gasteiger partial charge >= 0.3 is 0 Å². The molecular weight excluding hydrogens is 364 g/mol. The maximum absolute atomic E-state index is 12.8. The minimum absolute atomic E-state index is 0.0531. The number of ether oxygens (including phenoxy) is 1. The number of methoxy groups -OCH3 is 1. The number of hydrogen-bond donors (Lipinski definition) is 1. The second-order valence-corrected chi connectivity index (χ2v) is 8.85. The Hall–Kier alpha value is -2.54. The molecule has 2 aromatic rings. The van der Waals surface area contributed by atoms with Crippen LogP contribution in [0.4, 0.5) is 11.4 Å². The van der Waals surface area contributed by atoms with Crippen LogP contribution in [0.15, 0.2) is 47.4 Å². The molecule has 7 heteroatoms. The van der Waals surface area contributed by atoms with Crippen molar-refractivity contribution in [3.63, 3.8) is 0 Å². The lowest BCUT2D eigenvalue weighted by atomic mass is 10.1. The van der Waals surface area contributed by atoms with E-state index in [9.17, 15) is 13.2 Å². The number of anilines is 2. The van der Waals surface area contributed by atoms with Crippen molar-refractivity contribution >= 4 is 27.3 Å². The van der Waals surface area contributed by atoms with E-state index in [4.69, 9.17) is 4.74 Å². The fourth-order valence-electron chi connectivity index (χ4n) is 3.54. The van der Waals surface area contributed by atoms with Crippen LogP contribution in [0.2, 0.25) is 0 Å². The largest absolute Gasteiger partial charge is 0.497 e. The number of nitrogens with one attached hydrogen (secondary N) is 1. The third-order valence-corrected chi connectivity index (χ3v) is 6.44. The van der Waals surface area contributed by atoms with E-state index in [2.05, 4.69) is 4.72 Å². The number of carbonyl (C=O) groups excluding carboxylic acids is 1. The molecule has 0 saturated heterocycles. The molecule has 27 heavy (non-hydrogen) atoms. The van der Waals surface area contributed by atoms with E-state index < -0.39 is 10.0 Å². The summed E-state index contributed by atoms with van der Waals surface area (Å²) in [6.45, 7) is 2.00. The Morgan fingerprint density at radius 3 is 2.67 bits per heavy atom. The van der Waals surface area contributed by atoms with Gasteiger partial charge in [-0.3, -0.25) is 9.52 Å². The predicted octanol–water partition coefficient (Wildman–Crippen LogP) is 3.18. The van der Waals surface area contributed by atoms with Crippen LogP contribution in [-0.4, -0.2) is 27.5 Å². The molecule has 1 atom stereocenters. The quantitative estimate of drug-likeness (QED) is 0.856. The van der Waals surface area contributed by atoms with Gasteiger partial charge < -0.3 is 9.64 Å². The van der Waals surface area contributed by atoms with Gasteiger partial charge in [-0.1, -0.05) is 6.07 Å². The van der Waals surface area contributed by atoms with Crippen LogP contribution in [0.1, 0.15) is 25.3 Å². The van der Waals surface area contributed by atoms with E-state index in [1.54, 1.807) is 42.5 Å². The minimum atomic E-state index is -3.73. The molecule has 0 bridgehead atoms. The SMILES string of the molecule is COc1cccc(NS(=O)(=O)c2ccc3c(c2)C[C@@H](C)N3C(=O)C2CC2)c1. The summed E-state index contributed by atoms with van der Waals surface area (Å²) in [6.07, 6.45) is 2.57. The summed E-state index contributed by atoms with van der Waals surface area (Å²) < 4.78 is 33.3. The van der Waals surface area contributed by atoms with Gasteiger partial charge in [-0.05, 0) is 62.1 Å². The van der Waals surface area contributed by atoms with Gasteiger partial charge in [0.05, 0.1) is 17.7 Å². The van der Waals surface area contributed by atoms with E-state index in [0.29, 0.717) is 17.9 Å².